The van der Waals surface area contributed by atoms with E-state index in [4.69, 9.17) is 28.6 Å². The SMILES string of the molecule is O=C1/C(=C\c2c(Oc3ccccc3Cl)nc3ccccn3c2=O)SC(=S)N1Cc1ccc(F)cc1. The minimum atomic E-state index is -0.415. The number of thioether (sulfide) groups is 1. The van der Waals surface area contributed by atoms with Gasteiger partial charge in [0.25, 0.3) is 11.5 Å². The number of ether oxygens (including phenoxy) is 1. The Morgan fingerprint density at radius 1 is 1.06 bits per heavy atom. The molecule has 0 unspecified atom stereocenters. The Morgan fingerprint density at radius 3 is 2.57 bits per heavy atom. The normalized spacial score (nSPS) is 14.8. The number of benzene rings is 2. The Balaban J connectivity index is 1.56. The van der Waals surface area contributed by atoms with E-state index < -0.39 is 5.56 Å². The number of rotatable bonds is 5. The molecule has 0 atom stereocenters. The van der Waals surface area contributed by atoms with Gasteiger partial charge in [-0.15, -0.1) is 0 Å². The second-order valence-electron chi connectivity index (χ2n) is 7.49. The molecule has 0 aliphatic carbocycles. The molecule has 174 valence electrons. The van der Waals surface area contributed by atoms with Crippen molar-refractivity contribution >= 4 is 57.5 Å². The third-order valence-corrected chi connectivity index (χ3v) is 6.87. The van der Waals surface area contributed by atoms with E-state index in [1.165, 1.54) is 27.5 Å². The Labute approximate surface area is 213 Å². The summed E-state index contributed by atoms with van der Waals surface area (Å²) in [6.07, 6.45) is 3.02. The van der Waals surface area contributed by atoms with E-state index in [9.17, 15) is 14.0 Å². The van der Waals surface area contributed by atoms with Gasteiger partial charge >= 0.3 is 0 Å². The van der Waals surface area contributed by atoms with E-state index >= 15 is 0 Å². The molecular formula is C25H15ClFN3O3S2. The van der Waals surface area contributed by atoms with Crippen LogP contribution in [0, 0.1) is 5.82 Å². The summed E-state index contributed by atoms with van der Waals surface area (Å²) in [5.74, 6) is -0.405. The van der Waals surface area contributed by atoms with Gasteiger partial charge in [-0.1, -0.05) is 65.9 Å². The molecule has 1 aliphatic rings. The van der Waals surface area contributed by atoms with E-state index in [0.29, 0.717) is 20.7 Å². The highest BCUT2D eigenvalue weighted by Gasteiger charge is 2.33. The Morgan fingerprint density at radius 2 is 1.80 bits per heavy atom. The van der Waals surface area contributed by atoms with Gasteiger partial charge in [-0.2, -0.15) is 4.98 Å². The number of pyridine rings is 1. The van der Waals surface area contributed by atoms with E-state index in [1.807, 2.05) is 0 Å². The number of halogens is 2. The smallest absolute Gasteiger partial charge is 0.269 e. The van der Waals surface area contributed by atoms with Crippen LogP contribution in [0.1, 0.15) is 11.1 Å². The molecule has 4 aromatic rings. The molecule has 1 fully saturated rings. The third-order valence-electron chi connectivity index (χ3n) is 5.18. The lowest BCUT2D eigenvalue weighted by molar-refractivity contribution is -0.122. The van der Waals surface area contributed by atoms with Crippen LogP contribution in [0.3, 0.4) is 0 Å². The van der Waals surface area contributed by atoms with Crippen molar-refractivity contribution in [2.45, 2.75) is 6.54 Å². The largest absolute Gasteiger partial charge is 0.437 e. The molecular weight excluding hydrogens is 509 g/mol. The molecule has 0 radical (unpaired) electrons. The molecule has 1 aliphatic heterocycles. The summed E-state index contributed by atoms with van der Waals surface area (Å²) < 4.78 is 20.9. The Kier molecular flexibility index (Phi) is 6.38. The fourth-order valence-electron chi connectivity index (χ4n) is 3.46. The summed E-state index contributed by atoms with van der Waals surface area (Å²) >= 11 is 12.7. The summed E-state index contributed by atoms with van der Waals surface area (Å²) in [7, 11) is 0. The number of hydrogen-bond acceptors (Lipinski definition) is 6. The molecule has 2 aromatic carbocycles. The van der Waals surface area contributed by atoms with Crippen LogP contribution in [0.5, 0.6) is 11.6 Å². The van der Waals surface area contributed by atoms with Crippen LogP contribution in [-0.4, -0.2) is 24.5 Å². The quantitative estimate of drug-likeness (QED) is 0.248. The fraction of sp³-hybridized carbons (Fsp3) is 0.0400. The van der Waals surface area contributed by atoms with Crippen molar-refractivity contribution in [1.82, 2.24) is 14.3 Å². The molecule has 0 saturated carbocycles. The summed E-state index contributed by atoms with van der Waals surface area (Å²) in [4.78, 5) is 32.7. The van der Waals surface area contributed by atoms with Gasteiger partial charge in [0.2, 0.25) is 5.88 Å². The average Bonchev–Trinajstić information content (AvgIpc) is 3.11. The number of carbonyl (C=O) groups is 1. The van der Waals surface area contributed by atoms with Crippen molar-refractivity contribution < 1.29 is 13.9 Å². The van der Waals surface area contributed by atoms with Gasteiger partial charge in [-0.25, -0.2) is 4.39 Å². The minimum Gasteiger partial charge on any atom is -0.437 e. The number of hydrogen-bond donors (Lipinski definition) is 0. The molecule has 35 heavy (non-hydrogen) atoms. The number of para-hydroxylation sites is 1. The van der Waals surface area contributed by atoms with Gasteiger partial charge in [0.1, 0.15) is 27.1 Å². The number of amides is 1. The van der Waals surface area contributed by atoms with Crippen molar-refractivity contribution in [2.75, 3.05) is 0 Å². The van der Waals surface area contributed by atoms with Crippen molar-refractivity contribution in [2.24, 2.45) is 0 Å². The van der Waals surface area contributed by atoms with E-state index in [1.54, 1.807) is 60.8 Å². The minimum absolute atomic E-state index is 0.0121. The molecule has 10 heteroatoms. The van der Waals surface area contributed by atoms with Gasteiger partial charge in [-0.3, -0.25) is 18.9 Å². The molecule has 2 aromatic heterocycles. The summed E-state index contributed by atoms with van der Waals surface area (Å²) in [5, 5.41) is 0.346. The van der Waals surface area contributed by atoms with Crippen LogP contribution < -0.4 is 10.3 Å². The highest BCUT2D eigenvalue weighted by Crippen LogP contribution is 2.35. The maximum atomic E-state index is 13.4. The van der Waals surface area contributed by atoms with Gasteiger partial charge < -0.3 is 4.74 Å². The molecule has 5 rings (SSSR count). The first-order valence-electron chi connectivity index (χ1n) is 10.3. The van der Waals surface area contributed by atoms with Crippen molar-refractivity contribution in [3.8, 4) is 11.6 Å². The molecule has 0 bridgehead atoms. The zero-order valence-corrected chi connectivity index (χ0v) is 20.2. The van der Waals surface area contributed by atoms with Gasteiger partial charge in [-0.05, 0) is 48.0 Å². The topological polar surface area (TPSA) is 63.9 Å². The highest BCUT2D eigenvalue weighted by atomic mass is 35.5. The lowest BCUT2D eigenvalue weighted by atomic mass is 10.2. The summed E-state index contributed by atoms with van der Waals surface area (Å²) in [6, 6.07) is 17.8. The lowest BCUT2D eigenvalue weighted by Crippen LogP contribution is -2.27. The van der Waals surface area contributed by atoms with Gasteiger partial charge in [0.05, 0.1) is 16.5 Å². The standard InChI is InChI=1S/C25H15ClFN3O3S2/c26-18-5-1-2-6-19(18)33-22-17(23(31)29-12-4-3-7-21(29)28-22)13-20-24(32)30(25(34)35-20)14-15-8-10-16(27)11-9-15/h1-13H,14H2/b20-13+. The van der Waals surface area contributed by atoms with Crippen LogP contribution in [0.4, 0.5) is 4.39 Å². The molecule has 1 saturated heterocycles. The number of carbonyl (C=O) groups excluding carboxylic acids is 1. The van der Waals surface area contributed by atoms with Gasteiger partial charge in [0, 0.05) is 6.20 Å². The number of thiocarbonyl (C=S) groups is 1. The van der Waals surface area contributed by atoms with E-state index in [2.05, 4.69) is 4.98 Å². The predicted molar refractivity (Wildman–Crippen MR) is 138 cm³/mol. The van der Waals surface area contributed by atoms with Crippen molar-refractivity contribution in [1.29, 1.82) is 0 Å². The average molecular weight is 524 g/mol. The number of fused-ring (bicyclic) bond motifs is 1. The number of nitrogens with zero attached hydrogens (tertiary/aromatic N) is 3. The summed E-state index contributed by atoms with van der Waals surface area (Å²) in [5.41, 5.74) is 0.761. The predicted octanol–water partition coefficient (Wildman–Crippen LogP) is 5.68. The molecule has 6 nitrogen and oxygen atoms in total. The molecule has 3 heterocycles. The Bertz CT molecular complexity index is 1570. The van der Waals surface area contributed by atoms with Crippen molar-refractivity contribution in [3.05, 3.63) is 110 Å². The monoisotopic (exact) mass is 523 g/mol. The zero-order valence-electron chi connectivity index (χ0n) is 17.9. The first-order valence-corrected chi connectivity index (χ1v) is 11.9. The molecule has 1 amide bonds. The summed E-state index contributed by atoms with van der Waals surface area (Å²) in [6.45, 7) is 0.181. The van der Waals surface area contributed by atoms with E-state index in [-0.39, 0.29) is 34.6 Å². The highest BCUT2D eigenvalue weighted by molar-refractivity contribution is 8.26. The molecule has 0 N–H and O–H groups in total. The maximum absolute atomic E-state index is 13.4. The first-order chi connectivity index (χ1) is 16.9. The van der Waals surface area contributed by atoms with Crippen LogP contribution in [-0.2, 0) is 11.3 Å². The van der Waals surface area contributed by atoms with Crippen LogP contribution in [0.15, 0.2) is 82.6 Å². The van der Waals surface area contributed by atoms with E-state index in [0.717, 1.165) is 17.3 Å². The fourth-order valence-corrected chi connectivity index (χ4v) is 4.87. The second kappa shape index (κ2) is 9.61. The van der Waals surface area contributed by atoms with Crippen LogP contribution in [0.2, 0.25) is 5.02 Å². The second-order valence-corrected chi connectivity index (χ2v) is 9.57. The molecule has 0 spiro atoms. The zero-order chi connectivity index (χ0) is 24.5. The lowest BCUT2D eigenvalue weighted by Gasteiger charge is -2.14. The van der Waals surface area contributed by atoms with Gasteiger partial charge in [0.15, 0.2) is 0 Å². The maximum Gasteiger partial charge on any atom is 0.269 e. The third kappa shape index (κ3) is 4.70. The Hall–Kier alpha value is -3.53. The van der Waals surface area contributed by atoms with Crippen LogP contribution >= 0.6 is 35.6 Å². The van der Waals surface area contributed by atoms with Crippen LogP contribution in [0.25, 0.3) is 11.7 Å². The first kappa shape index (κ1) is 23.2. The van der Waals surface area contributed by atoms with Crippen molar-refractivity contribution in [3.63, 3.8) is 0 Å². The number of aromatic nitrogens is 2.